The van der Waals surface area contributed by atoms with Gasteiger partial charge in [0.1, 0.15) is 17.6 Å². The van der Waals surface area contributed by atoms with Crippen molar-refractivity contribution in [1.82, 2.24) is 14.9 Å². The van der Waals surface area contributed by atoms with Gasteiger partial charge in [0.2, 0.25) is 0 Å². The molecule has 3 atom stereocenters. The van der Waals surface area contributed by atoms with Gasteiger partial charge in [-0.05, 0) is 75.3 Å². The Bertz CT molecular complexity index is 1260. The highest BCUT2D eigenvalue weighted by molar-refractivity contribution is 5.83. The number of alkyl halides is 1. The van der Waals surface area contributed by atoms with Crippen LogP contribution in [0.25, 0.3) is 0 Å². The zero-order valence-corrected chi connectivity index (χ0v) is 24.2. The highest BCUT2D eigenvalue weighted by Crippen LogP contribution is 2.36. The van der Waals surface area contributed by atoms with E-state index < -0.39 is 17.9 Å². The Hall–Kier alpha value is -3.27. The molecule has 40 heavy (non-hydrogen) atoms. The lowest BCUT2D eigenvalue weighted by atomic mass is 9.83. The van der Waals surface area contributed by atoms with E-state index in [9.17, 15) is 4.79 Å². The van der Waals surface area contributed by atoms with E-state index in [1.54, 1.807) is 7.11 Å². The van der Waals surface area contributed by atoms with Crippen LogP contribution in [0.5, 0.6) is 6.01 Å². The zero-order chi connectivity index (χ0) is 28.4. The number of aliphatic imine (C=N–C) groups is 1. The fraction of sp³-hybridized carbons (Fsp3) is 0.600. The fourth-order valence-electron chi connectivity index (χ4n) is 5.69. The van der Waals surface area contributed by atoms with Crippen LogP contribution in [0.1, 0.15) is 73.5 Å². The van der Waals surface area contributed by atoms with Crippen LogP contribution in [0.2, 0.25) is 0 Å². The van der Waals surface area contributed by atoms with Crippen molar-refractivity contribution in [3.63, 3.8) is 0 Å². The summed E-state index contributed by atoms with van der Waals surface area (Å²) in [5.41, 5.74) is 4.49. The van der Waals surface area contributed by atoms with Crippen molar-refractivity contribution in [3.8, 4) is 6.01 Å². The monoisotopic (exact) mass is 553 g/mol. The Kier molecular flexibility index (Phi) is 8.26. The maximum Gasteiger partial charge on any atom is 0.410 e. The van der Waals surface area contributed by atoms with Gasteiger partial charge < -0.3 is 24.0 Å². The first kappa shape index (κ1) is 28.3. The quantitative estimate of drug-likeness (QED) is 0.537. The number of hydrogen-bond donors (Lipinski definition) is 0. The van der Waals surface area contributed by atoms with E-state index in [0.29, 0.717) is 32.2 Å². The number of methoxy groups -OCH3 is 1. The summed E-state index contributed by atoms with van der Waals surface area (Å²) in [5.74, 6) is 0.564. The van der Waals surface area contributed by atoms with Crippen LogP contribution in [-0.4, -0.2) is 85.5 Å². The van der Waals surface area contributed by atoms with Crippen molar-refractivity contribution < 1.29 is 23.4 Å². The molecule has 0 bridgehead atoms. The molecule has 3 aliphatic rings. The summed E-state index contributed by atoms with van der Waals surface area (Å²) in [5, 5.41) is 0. The largest absolute Gasteiger partial charge is 0.467 e. The summed E-state index contributed by atoms with van der Waals surface area (Å²) < 4.78 is 31.9. The molecule has 0 aliphatic carbocycles. The van der Waals surface area contributed by atoms with Crippen molar-refractivity contribution >= 4 is 18.1 Å². The molecular formula is C30H40FN5O4. The number of carbonyl (C=O) groups is 1. The number of piperidine rings is 1. The molecule has 2 saturated heterocycles. The van der Waals surface area contributed by atoms with Crippen LogP contribution >= 0.6 is 0 Å². The molecule has 10 heteroatoms. The summed E-state index contributed by atoms with van der Waals surface area (Å²) in [6, 6.07) is 6.47. The molecule has 216 valence electrons. The van der Waals surface area contributed by atoms with E-state index >= 15 is 4.39 Å². The number of hydrogen-bond acceptors (Lipinski definition) is 8. The average molecular weight is 554 g/mol. The number of fused-ring (bicyclic) bond motifs is 1. The van der Waals surface area contributed by atoms with Gasteiger partial charge in [-0.15, -0.1) is 0 Å². The molecule has 0 saturated carbocycles. The molecular weight excluding hydrogens is 513 g/mol. The Morgan fingerprint density at radius 1 is 1.10 bits per heavy atom. The second kappa shape index (κ2) is 11.7. The van der Waals surface area contributed by atoms with Gasteiger partial charge in [0.25, 0.3) is 0 Å². The SMILES string of the molecule is COc1nc(C2CCc3cc(C4CCN(C(=O)OC(C)(C)C)CC4F)c(C)cc3C=N2)cc(N2CCOCC2)n1. The Balaban J connectivity index is 1.31. The third-order valence-electron chi connectivity index (χ3n) is 7.77. The second-order valence-corrected chi connectivity index (χ2v) is 11.8. The Morgan fingerprint density at radius 2 is 1.88 bits per heavy atom. The van der Waals surface area contributed by atoms with E-state index in [-0.39, 0.29) is 18.5 Å². The summed E-state index contributed by atoms with van der Waals surface area (Å²) in [6.07, 6.45) is 2.43. The molecule has 3 aliphatic heterocycles. The highest BCUT2D eigenvalue weighted by Gasteiger charge is 2.35. The molecule has 5 rings (SSSR count). The molecule has 2 fully saturated rings. The number of rotatable bonds is 4. The Morgan fingerprint density at radius 3 is 2.58 bits per heavy atom. The molecule has 4 heterocycles. The minimum absolute atomic E-state index is 0.0423. The van der Waals surface area contributed by atoms with E-state index in [1.807, 2.05) is 40.0 Å². The Labute approximate surface area is 235 Å². The van der Waals surface area contributed by atoms with Gasteiger partial charge in [-0.25, -0.2) is 9.18 Å². The highest BCUT2D eigenvalue weighted by atomic mass is 19.1. The first-order valence-electron chi connectivity index (χ1n) is 14.2. The number of aromatic nitrogens is 2. The summed E-state index contributed by atoms with van der Waals surface area (Å²) in [4.78, 5) is 30.3. The van der Waals surface area contributed by atoms with Crippen LogP contribution in [0.4, 0.5) is 15.0 Å². The van der Waals surface area contributed by atoms with Crippen molar-refractivity contribution in [2.24, 2.45) is 4.99 Å². The summed E-state index contributed by atoms with van der Waals surface area (Å²) in [7, 11) is 1.58. The van der Waals surface area contributed by atoms with Crippen LogP contribution in [-0.2, 0) is 15.9 Å². The number of aryl methyl sites for hydroxylation is 2. The number of anilines is 1. The third kappa shape index (κ3) is 6.37. The molecule has 1 aromatic heterocycles. The lowest BCUT2D eigenvalue weighted by Gasteiger charge is -2.36. The zero-order valence-electron chi connectivity index (χ0n) is 24.2. The van der Waals surface area contributed by atoms with Gasteiger partial charge in [0, 0.05) is 37.8 Å². The molecule has 0 spiro atoms. The van der Waals surface area contributed by atoms with Gasteiger partial charge in [0.05, 0.1) is 38.6 Å². The predicted octanol–water partition coefficient (Wildman–Crippen LogP) is 4.80. The standard InChI is InChI=1S/C30H40FN5O4/c1-19-14-21-17-32-25(26-16-27(34-28(33-26)38-5)35-10-12-39-13-11-35)7-6-20(21)15-23(19)22-8-9-36(18-24(22)31)29(37)40-30(2,3)4/h14-17,22,24-25H,6-13,18H2,1-5H3. The number of carbonyl (C=O) groups excluding carboxylic acids is 1. The number of halogens is 1. The van der Waals surface area contributed by atoms with Crippen molar-refractivity contribution in [2.45, 2.75) is 70.7 Å². The van der Waals surface area contributed by atoms with E-state index in [1.165, 1.54) is 4.90 Å². The molecule has 0 radical (unpaired) electrons. The van der Waals surface area contributed by atoms with Gasteiger partial charge in [-0.2, -0.15) is 9.97 Å². The molecule has 1 amide bonds. The first-order chi connectivity index (χ1) is 19.1. The number of ether oxygens (including phenoxy) is 3. The fourth-order valence-corrected chi connectivity index (χ4v) is 5.69. The number of benzene rings is 1. The molecule has 2 aromatic rings. The smallest absolute Gasteiger partial charge is 0.410 e. The average Bonchev–Trinajstić information content (AvgIpc) is 3.14. The second-order valence-electron chi connectivity index (χ2n) is 11.8. The number of likely N-dealkylation sites (tertiary alicyclic amines) is 1. The van der Waals surface area contributed by atoms with Crippen LogP contribution in [0.15, 0.2) is 23.2 Å². The van der Waals surface area contributed by atoms with Gasteiger partial charge in [-0.1, -0.05) is 6.07 Å². The van der Waals surface area contributed by atoms with E-state index in [4.69, 9.17) is 19.2 Å². The van der Waals surface area contributed by atoms with Crippen molar-refractivity contribution in [2.75, 3.05) is 51.4 Å². The van der Waals surface area contributed by atoms with E-state index in [0.717, 1.165) is 59.7 Å². The minimum Gasteiger partial charge on any atom is -0.467 e. The summed E-state index contributed by atoms with van der Waals surface area (Å²) >= 11 is 0. The minimum atomic E-state index is -1.16. The third-order valence-corrected chi connectivity index (χ3v) is 7.77. The van der Waals surface area contributed by atoms with Crippen LogP contribution < -0.4 is 9.64 Å². The first-order valence-corrected chi connectivity index (χ1v) is 14.2. The number of nitrogens with zero attached hydrogens (tertiary/aromatic N) is 5. The van der Waals surface area contributed by atoms with Crippen molar-refractivity contribution in [3.05, 3.63) is 46.1 Å². The number of morpholine rings is 1. The van der Waals surface area contributed by atoms with E-state index in [2.05, 4.69) is 27.0 Å². The number of amides is 1. The molecule has 1 aromatic carbocycles. The molecule has 0 N–H and O–H groups in total. The van der Waals surface area contributed by atoms with Gasteiger partial charge >= 0.3 is 12.1 Å². The maximum atomic E-state index is 15.5. The molecule has 3 unspecified atom stereocenters. The molecule has 9 nitrogen and oxygen atoms in total. The van der Waals surface area contributed by atoms with Gasteiger partial charge in [0.15, 0.2) is 0 Å². The van der Waals surface area contributed by atoms with Crippen LogP contribution in [0, 0.1) is 6.92 Å². The summed E-state index contributed by atoms with van der Waals surface area (Å²) in [6.45, 7) is 10.9. The topological polar surface area (TPSA) is 89.4 Å². The maximum absolute atomic E-state index is 15.5. The lowest BCUT2D eigenvalue weighted by molar-refractivity contribution is 0.0111. The predicted molar refractivity (Wildman–Crippen MR) is 152 cm³/mol. The normalized spacial score (nSPS) is 23.4. The lowest BCUT2D eigenvalue weighted by Crippen LogP contribution is -2.46. The van der Waals surface area contributed by atoms with Gasteiger partial charge in [-0.3, -0.25) is 4.99 Å². The van der Waals surface area contributed by atoms with Crippen molar-refractivity contribution in [1.29, 1.82) is 0 Å². The van der Waals surface area contributed by atoms with Crippen LogP contribution in [0.3, 0.4) is 0 Å².